The van der Waals surface area contributed by atoms with Gasteiger partial charge in [-0.25, -0.2) is 0 Å². The SMILES string of the molecule is O=C1Nc2ccccc2/C1=C1\OCc2cc(NCCN3CCOCC3)ccc21. The van der Waals surface area contributed by atoms with E-state index >= 15 is 0 Å². The number of ether oxygens (including phenoxy) is 2. The topological polar surface area (TPSA) is 62.8 Å². The minimum Gasteiger partial charge on any atom is -0.487 e. The van der Waals surface area contributed by atoms with E-state index in [2.05, 4.69) is 33.7 Å². The zero-order chi connectivity index (χ0) is 18.9. The fourth-order valence-corrected chi connectivity index (χ4v) is 4.00. The molecule has 6 nitrogen and oxygen atoms in total. The summed E-state index contributed by atoms with van der Waals surface area (Å²) in [4.78, 5) is 14.9. The van der Waals surface area contributed by atoms with Crippen molar-refractivity contribution < 1.29 is 14.3 Å². The van der Waals surface area contributed by atoms with Crippen LogP contribution in [-0.4, -0.2) is 50.2 Å². The van der Waals surface area contributed by atoms with Crippen molar-refractivity contribution in [2.75, 3.05) is 50.0 Å². The van der Waals surface area contributed by atoms with Gasteiger partial charge in [0.05, 0.1) is 18.8 Å². The number of morpholine rings is 1. The Balaban J connectivity index is 1.34. The van der Waals surface area contributed by atoms with E-state index < -0.39 is 0 Å². The maximum Gasteiger partial charge on any atom is 0.260 e. The minimum atomic E-state index is -0.100. The number of amides is 1. The van der Waals surface area contributed by atoms with Crippen molar-refractivity contribution in [3.63, 3.8) is 0 Å². The third-order valence-corrected chi connectivity index (χ3v) is 5.48. The van der Waals surface area contributed by atoms with Crippen LogP contribution in [0, 0.1) is 0 Å². The smallest absolute Gasteiger partial charge is 0.260 e. The number of hydrogen-bond acceptors (Lipinski definition) is 5. The lowest BCUT2D eigenvalue weighted by atomic mass is 10.0. The van der Waals surface area contributed by atoms with E-state index in [0.29, 0.717) is 17.9 Å². The molecule has 28 heavy (non-hydrogen) atoms. The zero-order valence-corrected chi connectivity index (χ0v) is 15.7. The summed E-state index contributed by atoms with van der Waals surface area (Å²) in [5.74, 6) is 0.578. The lowest BCUT2D eigenvalue weighted by molar-refractivity contribution is -0.110. The highest BCUT2D eigenvalue weighted by Crippen LogP contribution is 2.41. The van der Waals surface area contributed by atoms with E-state index in [1.165, 1.54) is 0 Å². The van der Waals surface area contributed by atoms with Crippen molar-refractivity contribution in [2.24, 2.45) is 0 Å². The van der Waals surface area contributed by atoms with Crippen LogP contribution in [0.25, 0.3) is 11.3 Å². The van der Waals surface area contributed by atoms with Gasteiger partial charge in [-0.15, -0.1) is 0 Å². The summed E-state index contributed by atoms with van der Waals surface area (Å²) in [5.41, 5.74) is 5.56. The molecule has 2 N–H and O–H groups in total. The molecule has 144 valence electrons. The Hall–Kier alpha value is -2.83. The number of para-hydroxylation sites is 1. The number of carbonyl (C=O) groups is 1. The van der Waals surface area contributed by atoms with Gasteiger partial charge in [0, 0.05) is 54.2 Å². The lowest BCUT2D eigenvalue weighted by Crippen LogP contribution is -2.39. The average molecular weight is 377 g/mol. The predicted octanol–water partition coefficient (Wildman–Crippen LogP) is 2.78. The number of anilines is 2. The van der Waals surface area contributed by atoms with Gasteiger partial charge in [-0.05, 0) is 24.3 Å². The number of carbonyl (C=O) groups excluding carboxylic acids is 1. The Labute approximate surface area is 164 Å². The lowest BCUT2D eigenvalue weighted by Gasteiger charge is -2.26. The molecule has 3 heterocycles. The average Bonchev–Trinajstić information content (AvgIpc) is 3.28. The molecule has 0 aliphatic carbocycles. The fourth-order valence-electron chi connectivity index (χ4n) is 4.00. The molecule has 3 aliphatic heterocycles. The van der Waals surface area contributed by atoms with Crippen LogP contribution in [0.3, 0.4) is 0 Å². The van der Waals surface area contributed by atoms with Crippen LogP contribution in [0.1, 0.15) is 16.7 Å². The Bertz CT molecular complexity index is 948. The molecule has 5 rings (SSSR count). The van der Waals surface area contributed by atoms with E-state index in [9.17, 15) is 4.79 Å². The standard InChI is InChI=1S/C22H23N3O3/c26-22-20(18-3-1-2-4-19(18)24-22)21-17-6-5-16(13-15(17)14-28-21)23-7-8-25-9-11-27-12-10-25/h1-6,13,23H,7-12,14H2,(H,24,26)/b21-20+. The molecule has 0 radical (unpaired) electrons. The predicted molar refractivity (Wildman–Crippen MR) is 109 cm³/mol. The van der Waals surface area contributed by atoms with Crippen LogP contribution in [0.15, 0.2) is 42.5 Å². The number of fused-ring (bicyclic) bond motifs is 2. The van der Waals surface area contributed by atoms with Crippen molar-refractivity contribution in [3.8, 4) is 0 Å². The molecule has 1 saturated heterocycles. The molecular formula is C22H23N3O3. The van der Waals surface area contributed by atoms with Crippen molar-refractivity contribution in [1.82, 2.24) is 4.90 Å². The van der Waals surface area contributed by atoms with Gasteiger partial charge in [-0.3, -0.25) is 9.69 Å². The van der Waals surface area contributed by atoms with E-state index in [0.717, 1.165) is 67.5 Å². The van der Waals surface area contributed by atoms with Crippen molar-refractivity contribution in [2.45, 2.75) is 6.61 Å². The number of hydrogen-bond donors (Lipinski definition) is 2. The third-order valence-electron chi connectivity index (χ3n) is 5.48. The molecule has 3 aliphatic rings. The normalized spacial score (nSPS) is 21.1. The summed E-state index contributed by atoms with van der Waals surface area (Å²) < 4.78 is 11.3. The van der Waals surface area contributed by atoms with Gasteiger partial charge >= 0.3 is 0 Å². The molecular weight excluding hydrogens is 354 g/mol. The van der Waals surface area contributed by atoms with Gasteiger partial charge in [0.15, 0.2) is 0 Å². The monoisotopic (exact) mass is 377 g/mol. The highest BCUT2D eigenvalue weighted by molar-refractivity contribution is 6.36. The summed E-state index contributed by atoms with van der Waals surface area (Å²) in [6.07, 6.45) is 0. The van der Waals surface area contributed by atoms with Crippen LogP contribution >= 0.6 is 0 Å². The molecule has 0 aromatic heterocycles. The first-order valence-corrected chi connectivity index (χ1v) is 9.75. The minimum absolute atomic E-state index is 0.100. The maximum absolute atomic E-state index is 12.5. The van der Waals surface area contributed by atoms with Crippen molar-refractivity contribution >= 4 is 28.6 Å². The van der Waals surface area contributed by atoms with Crippen LogP contribution in [0.4, 0.5) is 11.4 Å². The van der Waals surface area contributed by atoms with Crippen LogP contribution in [0.5, 0.6) is 0 Å². The molecule has 2 aromatic carbocycles. The summed E-state index contributed by atoms with van der Waals surface area (Å²) in [6, 6.07) is 14.0. The van der Waals surface area contributed by atoms with Gasteiger partial charge in [0.25, 0.3) is 5.91 Å². The number of rotatable bonds is 4. The molecule has 2 aromatic rings. The molecule has 1 amide bonds. The van der Waals surface area contributed by atoms with Crippen LogP contribution in [-0.2, 0) is 20.9 Å². The second-order valence-corrected chi connectivity index (χ2v) is 7.25. The first kappa shape index (κ1) is 17.3. The van der Waals surface area contributed by atoms with E-state index in [1.54, 1.807) is 0 Å². The first-order chi connectivity index (χ1) is 13.8. The summed E-state index contributed by atoms with van der Waals surface area (Å²) in [7, 11) is 0. The van der Waals surface area contributed by atoms with Gasteiger partial charge in [0.1, 0.15) is 12.4 Å². The van der Waals surface area contributed by atoms with Gasteiger partial charge in [-0.2, -0.15) is 0 Å². The van der Waals surface area contributed by atoms with Gasteiger partial charge in [-0.1, -0.05) is 18.2 Å². The molecule has 0 saturated carbocycles. The number of nitrogens with one attached hydrogen (secondary N) is 2. The second kappa shape index (κ2) is 7.30. The molecule has 1 fully saturated rings. The molecule has 0 atom stereocenters. The Kier molecular flexibility index (Phi) is 4.50. The first-order valence-electron chi connectivity index (χ1n) is 9.75. The third kappa shape index (κ3) is 3.15. The van der Waals surface area contributed by atoms with E-state index in [4.69, 9.17) is 9.47 Å². The fraction of sp³-hybridized carbons (Fsp3) is 0.318. The molecule has 6 heteroatoms. The molecule has 0 bridgehead atoms. The highest BCUT2D eigenvalue weighted by Gasteiger charge is 2.32. The van der Waals surface area contributed by atoms with Crippen molar-refractivity contribution in [1.29, 1.82) is 0 Å². The number of benzene rings is 2. The summed E-state index contributed by atoms with van der Waals surface area (Å²) in [6.45, 7) is 6.03. The Morgan fingerprint density at radius 3 is 2.82 bits per heavy atom. The Morgan fingerprint density at radius 1 is 1.07 bits per heavy atom. The van der Waals surface area contributed by atoms with Gasteiger partial charge < -0.3 is 20.1 Å². The maximum atomic E-state index is 12.5. The summed E-state index contributed by atoms with van der Waals surface area (Å²) >= 11 is 0. The van der Waals surface area contributed by atoms with Crippen molar-refractivity contribution in [3.05, 3.63) is 59.2 Å². The Morgan fingerprint density at radius 2 is 1.93 bits per heavy atom. The second-order valence-electron chi connectivity index (χ2n) is 7.25. The molecule has 0 unspecified atom stereocenters. The van der Waals surface area contributed by atoms with Crippen LogP contribution in [0.2, 0.25) is 0 Å². The quantitative estimate of drug-likeness (QED) is 0.803. The van der Waals surface area contributed by atoms with E-state index in [-0.39, 0.29) is 5.91 Å². The van der Waals surface area contributed by atoms with Crippen LogP contribution < -0.4 is 10.6 Å². The zero-order valence-electron chi connectivity index (χ0n) is 15.7. The van der Waals surface area contributed by atoms with Gasteiger partial charge in [0.2, 0.25) is 0 Å². The number of nitrogens with zero attached hydrogens (tertiary/aromatic N) is 1. The highest BCUT2D eigenvalue weighted by atomic mass is 16.5. The molecule has 0 spiro atoms. The summed E-state index contributed by atoms with van der Waals surface area (Å²) in [5, 5.41) is 6.42. The van der Waals surface area contributed by atoms with E-state index in [1.807, 2.05) is 24.3 Å². The largest absolute Gasteiger partial charge is 0.487 e.